The van der Waals surface area contributed by atoms with Crippen LogP contribution in [0.3, 0.4) is 0 Å². The van der Waals surface area contributed by atoms with Crippen molar-refractivity contribution >= 4 is 34.4 Å². The first kappa shape index (κ1) is 26.7. The van der Waals surface area contributed by atoms with Gasteiger partial charge in [0.2, 0.25) is 11.8 Å². The lowest BCUT2D eigenvalue weighted by Crippen LogP contribution is -2.63. The zero-order valence-electron chi connectivity index (χ0n) is 21.9. The number of nitrogens with zero attached hydrogens (tertiary/aromatic N) is 2. The first-order valence-corrected chi connectivity index (χ1v) is 12.8. The molecule has 2 saturated heterocycles. The summed E-state index contributed by atoms with van der Waals surface area (Å²) in [6.45, 7) is 4.96. The second-order valence-corrected chi connectivity index (χ2v) is 9.62. The number of nitrogens with one attached hydrogen (secondary N) is 2. The van der Waals surface area contributed by atoms with Gasteiger partial charge in [-0.2, -0.15) is 0 Å². The van der Waals surface area contributed by atoms with E-state index in [2.05, 4.69) is 15.2 Å². The monoisotopic (exact) mass is 515 g/mol. The van der Waals surface area contributed by atoms with Gasteiger partial charge in [-0.05, 0) is 51.8 Å². The molecule has 0 atom stereocenters. The summed E-state index contributed by atoms with van der Waals surface area (Å²) in [7, 11) is 3.05. The number of hydrogen-bond acceptors (Lipinski definition) is 8. The molecule has 2 amide bonds. The third kappa shape index (κ3) is 5.37. The van der Waals surface area contributed by atoms with Gasteiger partial charge in [-0.25, -0.2) is 4.79 Å². The average Bonchev–Trinajstić information content (AvgIpc) is 3.25. The normalized spacial score (nSPS) is 18.4. The van der Waals surface area contributed by atoms with E-state index in [1.165, 1.54) is 20.6 Å². The number of benzene rings is 1. The van der Waals surface area contributed by atoms with Crippen LogP contribution in [0, 0.1) is 0 Å². The van der Waals surface area contributed by atoms with Crippen molar-refractivity contribution in [1.82, 2.24) is 14.8 Å². The largest absolute Gasteiger partial charge is 0.493 e. The van der Waals surface area contributed by atoms with E-state index in [9.17, 15) is 14.4 Å². The molecule has 2 aliphatic heterocycles. The quantitative estimate of drug-likeness (QED) is 0.432. The lowest BCUT2D eigenvalue weighted by Gasteiger charge is -2.48. The molecule has 0 spiro atoms. The van der Waals surface area contributed by atoms with Gasteiger partial charge < -0.3 is 30.2 Å². The molecule has 0 bridgehead atoms. The number of piperidine rings is 2. The third-order valence-electron chi connectivity index (χ3n) is 7.52. The van der Waals surface area contributed by atoms with Crippen molar-refractivity contribution in [3.8, 4) is 11.5 Å². The fourth-order valence-corrected chi connectivity index (χ4v) is 5.51. The van der Waals surface area contributed by atoms with E-state index < -0.39 is 11.5 Å². The maximum absolute atomic E-state index is 13.2. The Hall–Kier alpha value is -3.31. The fraction of sp³-hybridized carbons (Fsp3) is 0.577. The summed E-state index contributed by atoms with van der Waals surface area (Å²) in [6.07, 6.45) is 4.51. The predicted molar refractivity (Wildman–Crippen MR) is 139 cm³/mol. The van der Waals surface area contributed by atoms with Crippen molar-refractivity contribution in [2.24, 2.45) is 5.73 Å². The molecule has 11 heteroatoms. The van der Waals surface area contributed by atoms with Crippen LogP contribution >= 0.6 is 0 Å². The van der Waals surface area contributed by atoms with Crippen LogP contribution in [-0.2, 0) is 14.3 Å². The number of hydrogen-bond donors (Lipinski definition) is 3. The molecular weight excluding hydrogens is 478 g/mol. The molecule has 11 nitrogen and oxygen atoms in total. The number of nitrogens with two attached hydrogens (primary N) is 1. The maximum Gasteiger partial charge on any atom is 0.356 e. The molecule has 0 aliphatic carbocycles. The molecule has 4 N–H and O–H groups in total. The summed E-state index contributed by atoms with van der Waals surface area (Å²) in [5.74, 6) is -0.162. The Morgan fingerprint density at radius 1 is 1.03 bits per heavy atom. The van der Waals surface area contributed by atoms with Crippen molar-refractivity contribution in [3.05, 3.63) is 17.8 Å². The van der Waals surface area contributed by atoms with Crippen LogP contribution in [0.2, 0.25) is 0 Å². The Balaban J connectivity index is 1.50. The van der Waals surface area contributed by atoms with Gasteiger partial charge in [0.25, 0.3) is 0 Å². The van der Waals surface area contributed by atoms with E-state index in [4.69, 9.17) is 19.9 Å². The number of H-pyrrole nitrogens is 1. The molecule has 0 saturated carbocycles. The third-order valence-corrected chi connectivity index (χ3v) is 7.52. The number of ether oxygens (including phenoxy) is 3. The molecule has 2 aliphatic rings. The van der Waals surface area contributed by atoms with Crippen LogP contribution in [0.15, 0.2) is 12.1 Å². The highest BCUT2D eigenvalue weighted by Gasteiger charge is 2.45. The first-order chi connectivity index (χ1) is 17.8. The predicted octanol–water partition coefficient (Wildman–Crippen LogP) is 2.11. The van der Waals surface area contributed by atoms with Crippen LogP contribution < -0.4 is 20.5 Å². The van der Waals surface area contributed by atoms with E-state index in [1.54, 1.807) is 19.1 Å². The number of likely N-dealkylation sites (tertiary alicyclic amines) is 2. The summed E-state index contributed by atoms with van der Waals surface area (Å²) >= 11 is 0. The van der Waals surface area contributed by atoms with Gasteiger partial charge in [0.1, 0.15) is 11.2 Å². The van der Waals surface area contributed by atoms with Crippen LogP contribution in [0.4, 0.5) is 5.69 Å². The zero-order chi connectivity index (χ0) is 26.6. The lowest BCUT2D eigenvalue weighted by molar-refractivity contribution is -0.135. The summed E-state index contributed by atoms with van der Waals surface area (Å²) < 4.78 is 16.0. The number of fused-ring (bicyclic) bond motifs is 1. The van der Waals surface area contributed by atoms with Crippen molar-refractivity contribution in [1.29, 1.82) is 0 Å². The number of esters is 1. The minimum atomic E-state index is -0.642. The highest BCUT2D eigenvalue weighted by molar-refractivity contribution is 6.11. The molecule has 0 unspecified atom stereocenters. The van der Waals surface area contributed by atoms with Crippen LogP contribution in [-0.4, -0.2) is 91.7 Å². The van der Waals surface area contributed by atoms with Gasteiger partial charge in [-0.15, -0.1) is 0 Å². The molecule has 2 fully saturated rings. The number of carbonyl (C=O) groups is 3. The number of anilines is 1. The number of rotatable bonds is 9. The van der Waals surface area contributed by atoms with E-state index in [0.717, 1.165) is 25.9 Å². The summed E-state index contributed by atoms with van der Waals surface area (Å²) in [4.78, 5) is 45.6. The SMILES string of the molecule is CCOC(=O)c1[nH]c2cc(OC)c(OC)cc2c1NC(=O)CN1CCC(C(N)=O)(N2CCCCC2)CC1. The Bertz CT molecular complexity index is 1150. The highest BCUT2D eigenvalue weighted by atomic mass is 16.5. The smallest absolute Gasteiger partial charge is 0.356 e. The molecule has 37 heavy (non-hydrogen) atoms. The molecular formula is C26H37N5O6. The first-order valence-electron chi connectivity index (χ1n) is 12.8. The molecule has 2 aromatic rings. The lowest BCUT2D eigenvalue weighted by atomic mass is 9.83. The van der Waals surface area contributed by atoms with Gasteiger partial charge in [0.15, 0.2) is 11.5 Å². The Morgan fingerprint density at radius 2 is 1.68 bits per heavy atom. The molecule has 0 radical (unpaired) electrons. The van der Waals surface area contributed by atoms with Crippen molar-refractivity contribution < 1.29 is 28.6 Å². The number of aromatic nitrogens is 1. The number of amides is 2. The number of methoxy groups -OCH3 is 2. The second-order valence-electron chi connectivity index (χ2n) is 9.62. The standard InChI is InChI=1S/C26H37N5O6/c1-4-37-24(33)23-22(17-14-19(35-2)20(36-3)15-18(17)28-23)29-21(32)16-30-12-8-26(9-13-30,25(27)34)31-10-6-5-7-11-31/h14-15,28H,4-13,16H2,1-3H3,(H2,27,34)(H,29,32). The van der Waals surface area contributed by atoms with Crippen LogP contribution in [0.1, 0.15) is 49.5 Å². The van der Waals surface area contributed by atoms with E-state index in [1.807, 2.05) is 4.90 Å². The fourth-order valence-electron chi connectivity index (χ4n) is 5.51. The maximum atomic E-state index is 13.2. The van der Waals surface area contributed by atoms with Crippen LogP contribution in [0.5, 0.6) is 11.5 Å². The Kier molecular flexibility index (Phi) is 8.23. The van der Waals surface area contributed by atoms with Gasteiger partial charge in [0.05, 0.1) is 38.6 Å². The van der Waals surface area contributed by atoms with Gasteiger partial charge in [0, 0.05) is 24.5 Å². The summed E-state index contributed by atoms with van der Waals surface area (Å²) in [6, 6.07) is 3.42. The Morgan fingerprint density at radius 3 is 2.27 bits per heavy atom. The number of carbonyl (C=O) groups excluding carboxylic acids is 3. The number of aromatic amines is 1. The molecule has 1 aromatic carbocycles. The minimum Gasteiger partial charge on any atom is -0.493 e. The van der Waals surface area contributed by atoms with Gasteiger partial charge >= 0.3 is 5.97 Å². The summed E-state index contributed by atoms with van der Waals surface area (Å²) in [5, 5.41) is 3.51. The summed E-state index contributed by atoms with van der Waals surface area (Å²) in [5.41, 5.74) is 6.33. The zero-order valence-corrected chi connectivity index (χ0v) is 21.9. The molecule has 1 aromatic heterocycles. The van der Waals surface area contributed by atoms with E-state index >= 15 is 0 Å². The number of primary amides is 1. The highest BCUT2D eigenvalue weighted by Crippen LogP contribution is 2.37. The van der Waals surface area contributed by atoms with Crippen molar-refractivity contribution in [2.45, 2.75) is 44.6 Å². The van der Waals surface area contributed by atoms with Crippen molar-refractivity contribution in [2.75, 3.05) is 58.9 Å². The Labute approximate surface area is 216 Å². The van der Waals surface area contributed by atoms with E-state index in [0.29, 0.717) is 54.0 Å². The minimum absolute atomic E-state index is 0.122. The molecule has 4 rings (SSSR count). The van der Waals surface area contributed by atoms with Gasteiger partial charge in [-0.1, -0.05) is 6.42 Å². The van der Waals surface area contributed by atoms with Gasteiger partial charge in [-0.3, -0.25) is 19.4 Å². The molecule has 202 valence electrons. The average molecular weight is 516 g/mol. The topological polar surface area (TPSA) is 139 Å². The van der Waals surface area contributed by atoms with E-state index in [-0.39, 0.29) is 30.7 Å². The molecule has 3 heterocycles. The van der Waals surface area contributed by atoms with Crippen LogP contribution in [0.25, 0.3) is 10.9 Å². The second kappa shape index (κ2) is 11.4. The van der Waals surface area contributed by atoms with Crippen molar-refractivity contribution in [3.63, 3.8) is 0 Å².